The Morgan fingerprint density at radius 1 is 1.05 bits per heavy atom. The third kappa shape index (κ3) is 2.60. The SMILES string of the molecule is Cc1ccc(/C=N/n2c(C)nc3ccccc3c2=O)cc1. The van der Waals surface area contributed by atoms with Crippen LogP contribution in [-0.4, -0.2) is 15.9 Å². The van der Waals surface area contributed by atoms with Crippen molar-refractivity contribution in [3.63, 3.8) is 0 Å². The molecule has 0 saturated heterocycles. The molecule has 0 unspecified atom stereocenters. The molecule has 0 aliphatic rings. The molecule has 0 aliphatic heterocycles. The Balaban J connectivity index is 2.08. The average molecular weight is 277 g/mol. The summed E-state index contributed by atoms with van der Waals surface area (Å²) in [6.07, 6.45) is 1.67. The fourth-order valence-electron chi connectivity index (χ4n) is 2.15. The van der Waals surface area contributed by atoms with Gasteiger partial charge in [-0.25, -0.2) is 4.98 Å². The Bertz CT molecular complexity index is 877. The molecule has 1 heterocycles. The second-order valence-electron chi connectivity index (χ2n) is 4.95. The van der Waals surface area contributed by atoms with Crippen molar-refractivity contribution in [1.82, 2.24) is 9.66 Å². The number of benzene rings is 2. The van der Waals surface area contributed by atoms with Crippen molar-refractivity contribution in [2.24, 2.45) is 5.10 Å². The van der Waals surface area contributed by atoms with E-state index >= 15 is 0 Å². The van der Waals surface area contributed by atoms with Crippen LogP contribution in [-0.2, 0) is 0 Å². The lowest BCUT2D eigenvalue weighted by Gasteiger charge is -2.05. The minimum Gasteiger partial charge on any atom is -0.267 e. The molecule has 0 bridgehead atoms. The first-order chi connectivity index (χ1) is 10.1. The van der Waals surface area contributed by atoms with Crippen molar-refractivity contribution in [3.05, 3.63) is 75.8 Å². The van der Waals surface area contributed by atoms with Crippen LogP contribution >= 0.6 is 0 Å². The molecule has 0 spiro atoms. The molecule has 1 aromatic heterocycles. The molecule has 4 nitrogen and oxygen atoms in total. The van der Waals surface area contributed by atoms with Crippen LogP contribution in [0.1, 0.15) is 17.0 Å². The molecule has 3 rings (SSSR count). The number of rotatable bonds is 2. The van der Waals surface area contributed by atoms with Crippen molar-refractivity contribution in [1.29, 1.82) is 0 Å². The zero-order valence-corrected chi connectivity index (χ0v) is 11.9. The Hall–Kier alpha value is -2.75. The molecule has 21 heavy (non-hydrogen) atoms. The molecule has 0 N–H and O–H groups in total. The third-order valence-corrected chi connectivity index (χ3v) is 3.32. The second kappa shape index (κ2) is 5.32. The van der Waals surface area contributed by atoms with Crippen LogP contribution in [0.2, 0.25) is 0 Å². The molecule has 0 aliphatic carbocycles. The van der Waals surface area contributed by atoms with Gasteiger partial charge in [-0.15, -0.1) is 0 Å². The van der Waals surface area contributed by atoms with Crippen molar-refractivity contribution >= 4 is 17.1 Å². The van der Waals surface area contributed by atoms with Crippen LogP contribution in [0.25, 0.3) is 10.9 Å². The highest BCUT2D eigenvalue weighted by Crippen LogP contribution is 2.07. The Morgan fingerprint density at radius 2 is 1.76 bits per heavy atom. The van der Waals surface area contributed by atoms with E-state index in [1.54, 1.807) is 19.2 Å². The standard InChI is InChI=1S/C17H15N3O/c1-12-7-9-14(10-8-12)11-18-20-13(2)19-16-6-4-3-5-15(16)17(20)21/h3-11H,1-2H3/b18-11+. The van der Waals surface area contributed by atoms with Crippen molar-refractivity contribution in [2.45, 2.75) is 13.8 Å². The van der Waals surface area contributed by atoms with Gasteiger partial charge in [0, 0.05) is 0 Å². The number of para-hydroxylation sites is 1. The summed E-state index contributed by atoms with van der Waals surface area (Å²) in [5.74, 6) is 0.571. The van der Waals surface area contributed by atoms with E-state index in [2.05, 4.69) is 10.1 Å². The van der Waals surface area contributed by atoms with E-state index < -0.39 is 0 Å². The summed E-state index contributed by atoms with van der Waals surface area (Å²) in [5.41, 5.74) is 2.68. The van der Waals surface area contributed by atoms with E-state index in [-0.39, 0.29) is 5.56 Å². The van der Waals surface area contributed by atoms with Crippen LogP contribution in [0.4, 0.5) is 0 Å². The third-order valence-electron chi connectivity index (χ3n) is 3.32. The van der Waals surface area contributed by atoms with Gasteiger partial charge in [0.25, 0.3) is 5.56 Å². The fraction of sp³-hybridized carbons (Fsp3) is 0.118. The first-order valence-corrected chi connectivity index (χ1v) is 6.74. The van der Waals surface area contributed by atoms with Crippen molar-refractivity contribution < 1.29 is 0 Å². The molecule has 0 radical (unpaired) electrons. The quantitative estimate of drug-likeness (QED) is 0.676. The topological polar surface area (TPSA) is 47.2 Å². The lowest BCUT2D eigenvalue weighted by atomic mass is 10.2. The maximum Gasteiger partial charge on any atom is 0.282 e. The molecular formula is C17H15N3O. The van der Waals surface area contributed by atoms with Crippen LogP contribution in [0.15, 0.2) is 58.4 Å². The normalized spacial score (nSPS) is 11.3. The van der Waals surface area contributed by atoms with Gasteiger partial charge in [0.15, 0.2) is 0 Å². The second-order valence-corrected chi connectivity index (χ2v) is 4.95. The predicted molar refractivity (Wildman–Crippen MR) is 84.9 cm³/mol. The van der Waals surface area contributed by atoms with Crippen LogP contribution < -0.4 is 5.56 Å². The summed E-state index contributed by atoms with van der Waals surface area (Å²) in [4.78, 5) is 16.8. The highest BCUT2D eigenvalue weighted by Gasteiger charge is 2.05. The minimum absolute atomic E-state index is 0.151. The van der Waals surface area contributed by atoms with Crippen molar-refractivity contribution in [2.75, 3.05) is 0 Å². The Labute approximate surface area is 122 Å². The number of aryl methyl sites for hydroxylation is 2. The van der Waals surface area contributed by atoms with Crippen LogP contribution in [0.3, 0.4) is 0 Å². The largest absolute Gasteiger partial charge is 0.282 e. The van der Waals surface area contributed by atoms with Crippen LogP contribution in [0.5, 0.6) is 0 Å². The van der Waals surface area contributed by atoms with Gasteiger partial charge in [-0.2, -0.15) is 9.78 Å². The highest BCUT2D eigenvalue weighted by atomic mass is 16.1. The summed E-state index contributed by atoms with van der Waals surface area (Å²) in [6.45, 7) is 3.81. The fourth-order valence-corrected chi connectivity index (χ4v) is 2.15. The smallest absolute Gasteiger partial charge is 0.267 e. The minimum atomic E-state index is -0.151. The molecule has 0 fully saturated rings. The Kier molecular flexibility index (Phi) is 3.36. The monoisotopic (exact) mass is 277 g/mol. The summed E-state index contributed by atoms with van der Waals surface area (Å²) in [5, 5.41) is 4.85. The molecule has 0 saturated carbocycles. The summed E-state index contributed by atoms with van der Waals surface area (Å²) >= 11 is 0. The molecule has 3 aromatic rings. The number of hydrogen-bond donors (Lipinski definition) is 0. The van der Waals surface area contributed by atoms with E-state index in [0.29, 0.717) is 16.7 Å². The Morgan fingerprint density at radius 3 is 2.52 bits per heavy atom. The van der Waals surface area contributed by atoms with Gasteiger partial charge in [0.2, 0.25) is 0 Å². The highest BCUT2D eigenvalue weighted by molar-refractivity contribution is 5.80. The van der Waals surface area contributed by atoms with Crippen LogP contribution in [0, 0.1) is 13.8 Å². The van der Waals surface area contributed by atoms with E-state index in [4.69, 9.17) is 0 Å². The van der Waals surface area contributed by atoms with E-state index in [1.165, 1.54) is 10.2 Å². The zero-order chi connectivity index (χ0) is 14.8. The first-order valence-electron chi connectivity index (χ1n) is 6.74. The number of nitrogens with zero attached hydrogens (tertiary/aromatic N) is 3. The molecule has 4 heteroatoms. The van der Waals surface area contributed by atoms with E-state index in [9.17, 15) is 4.79 Å². The molecule has 2 aromatic carbocycles. The lowest BCUT2D eigenvalue weighted by Crippen LogP contribution is -2.20. The first kappa shape index (κ1) is 13.2. The van der Waals surface area contributed by atoms with Crippen molar-refractivity contribution in [3.8, 4) is 0 Å². The maximum absolute atomic E-state index is 12.4. The van der Waals surface area contributed by atoms with Gasteiger partial charge >= 0.3 is 0 Å². The van der Waals surface area contributed by atoms with Gasteiger partial charge in [-0.1, -0.05) is 42.0 Å². The summed E-state index contributed by atoms with van der Waals surface area (Å²) in [7, 11) is 0. The number of aromatic nitrogens is 2. The lowest BCUT2D eigenvalue weighted by molar-refractivity contribution is 0.771. The summed E-state index contributed by atoms with van der Waals surface area (Å²) < 4.78 is 1.34. The molecule has 0 atom stereocenters. The van der Waals surface area contributed by atoms with Gasteiger partial charge in [0.05, 0.1) is 17.1 Å². The van der Waals surface area contributed by atoms with E-state index in [1.807, 2.05) is 49.4 Å². The summed E-state index contributed by atoms with van der Waals surface area (Å²) in [6, 6.07) is 15.2. The average Bonchev–Trinajstić information content (AvgIpc) is 2.49. The van der Waals surface area contributed by atoms with E-state index in [0.717, 1.165) is 5.56 Å². The van der Waals surface area contributed by atoms with Gasteiger partial charge in [-0.3, -0.25) is 4.79 Å². The zero-order valence-electron chi connectivity index (χ0n) is 11.9. The molecule has 104 valence electrons. The van der Waals surface area contributed by atoms with Gasteiger partial charge < -0.3 is 0 Å². The molecule has 0 amide bonds. The number of fused-ring (bicyclic) bond motifs is 1. The van der Waals surface area contributed by atoms with Gasteiger partial charge in [0.1, 0.15) is 5.82 Å². The maximum atomic E-state index is 12.4. The number of hydrogen-bond acceptors (Lipinski definition) is 3. The molecular weight excluding hydrogens is 262 g/mol. The van der Waals surface area contributed by atoms with Gasteiger partial charge in [-0.05, 0) is 31.5 Å². The predicted octanol–water partition coefficient (Wildman–Crippen LogP) is 2.90.